The summed E-state index contributed by atoms with van der Waals surface area (Å²) in [5, 5.41) is 5.08. The smallest absolute Gasteiger partial charge is 0.262 e. The molecule has 0 spiro atoms. The SMILES string of the molecule is COc1cccc(NC(=O)C2CC(F)(F)CN2)c1. The van der Waals surface area contributed by atoms with Gasteiger partial charge in [0.1, 0.15) is 5.75 Å². The molecule has 0 radical (unpaired) electrons. The molecule has 2 N–H and O–H groups in total. The van der Waals surface area contributed by atoms with Gasteiger partial charge in [-0.15, -0.1) is 0 Å². The van der Waals surface area contributed by atoms with E-state index >= 15 is 0 Å². The first-order valence-corrected chi connectivity index (χ1v) is 5.56. The van der Waals surface area contributed by atoms with Gasteiger partial charge >= 0.3 is 0 Å². The molecular weight excluding hydrogens is 242 g/mol. The molecule has 1 heterocycles. The quantitative estimate of drug-likeness (QED) is 0.864. The minimum absolute atomic E-state index is 0.455. The van der Waals surface area contributed by atoms with Gasteiger partial charge in [0.2, 0.25) is 5.91 Å². The average Bonchev–Trinajstić information content (AvgIpc) is 2.70. The number of ether oxygens (including phenoxy) is 1. The molecule has 1 saturated heterocycles. The summed E-state index contributed by atoms with van der Waals surface area (Å²) >= 11 is 0. The molecule has 18 heavy (non-hydrogen) atoms. The number of halogens is 2. The minimum Gasteiger partial charge on any atom is -0.497 e. The summed E-state index contributed by atoms with van der Waals surface area (Å²) in [6.07, 6.45) is -0.469. The van der Waals surface area contributed by atoms with Gasteiger partial charge < -0.3 is 10.1 Å². The highest BCUT2D eigenvalue weighted by molar-refractivity contribution is 5.95. The standard InChI is InChI=1S/C12H14F2N2O2/c1-18-9-4-2-3-8(5-9)16-11(17)10-6-12(13,14)7-15-10/h2-5,10,15H,6-7H2,1H3,(H,16,17). The van der Waals surface area contributed by atoms with Crippen LogP contribution in [0.5, 0.6) is 5.75 Å². The lowest BCUT2D eigenvalue weighted by atomic mass is 10.2. The Kier molecular flexibility index (Phi) is 3.47. The zero-order valence-electron chi connectivity index (χ0n) is 9.87. The van der Waals surface area contributed by atoms with Crippen LogP contribution in [0.1, 0.15) is 6.42 Å². The molecule has 0 aromatic heterocycles. The van der Waals surface area contributed by atoms with Crippen molar-refractivity contribution in [2.45, 2.75) is 18.4 Å². The Morgan fingerprint density at radius 1 is 1.56 bits per heavy atom. The van der Waals surface area contributed by atoms with Gasteiger partial charge in [-0.1, -0.05) is 6.07 Å². The Bertz CT molecular complexity index is 451. The molecule has 0 bridgehead atoms. The van der Waals surface area contributed by atoms with Crippen LogP contribution in [0.2, 0.25) is 0 Å². The summed E-state index contributed by atoms with van der Waals surface area (Å²) < 4.78 is 30.9. The Balaban J connectivity index is 1.99. The van der Waals surface area contributed by atoms with Crippen molar-refractivity contribution in [3.63, 3.8) is 0 Å². The molecule has 1 fully saturated rings. The van der Waals surface area contributed by atoms with E-state index in [0.717, 1.165) is 0 Å². The van der Waals surface area contributed by atoms with Crippen molar-refractivity contribution in [3.8, 4) is 5.75 Å². The molecule has 1 aliphatic rings. The lowest BCUT2D eigenvalue weighted by Gasteiger charge is -2.11. The largest absolute Gasteiger partial charge is 0.497 e. The van der Waals surface area contributed by atoms with Crippen LogP contribution < -0.4 is 15.4 Å². The highest BCUT2D eigenvalue weighted by Gasteiger charge is 2.42. The predicted molar refractivity (Wildman–Crippen MR) is 63.0 cm³/mol. The molecule has 4 nitrogen and oxygen atoms in total. The van der Waals surface area contributed by atoms with Crippen molar-refractivity contribution in [1.29, 1.82) is 0 Å². The number of anilines is 1. The lowest BCUT2D eigenvalue weighted by molar-refractivity contribution is -0.118. The summed E-state index contributed by atoms with van der Waals surface area (Å²) in [5.74, 6) is -2.67. The second kappa shape index (κ2) is 4.89. The van der Waals surface area contributed by atoms with E-state index in [4.69, 9.17) is 4.74 Å². The number of benzene rings is 1. The summed E-state index contributed by atoms with van der Waals surface area (Å²) in [6, 6.07) is 5.90. The highest BCUT2D eigenvalue weighted by atomic mass is 19.3. The molecule has 2 rings (SSSR count). The van der Waals surface area contributed by atoms with Gasteiger partial charge in [0.25, 0.3) is 5.92 Å². The van der Waals surface area contributed by atoms with E-state index in [1.165, 1.54) is 7.11 Å². The van der Waals surface area contributed by atoms with Crippen LogP contribution in [0.4, 0.5) is 14.5 Å². The third-order valence-electron chi connectivity index (χ3n) is 2.76. The normalized spacial score (nSPS) is 21.6. The number of hydrogen-bond donors (Lipinski definition) is 2. The number of nitrogens with one attached hydrogen (secondary N) is 2. The van der Waals surface area contributed by atoms with Gasteiger partial charge in [-0.3, -0.25) is 10.1 Å². The number of carbonyl (C=O) groups excluding carboxylic acids is 1. The fourth-order valence-corrected chi connectivity index (χ4v) is 1.83. The second-order valence-corrected chi connectivity index (χ2v) is 4.21. The van der Waals surface area contributed by atoms with Crippen LogP contribution >= 0.6 is 0 Å². The molecule has 1 aromatic rings. The minimum atomic E-state index is -2.81. The van der Waals surface area contributed by atoms with Crippen LogP contribution in [-0.4, -0.2) is 31.5 Å². The fraction of sp³-hybridized carbons (Fsp3) is 0.417. The first kappa shape index (κ1) is 12.8. The number of carbonyl (C=O) groups is 1. The first-order valence-electron chi connectivity index (χ1n) is 5.56. The van der Waals surface area contributed by atoms with Gasteiger partial charge in [-0.2, -0.15) is 0 Å². The monoisotopic (exact) mass is 256 g/mol. The maximum absolute atomic E-state index is 12.9. The maximum Gasteiger partial charge on any atom is 0.262 e. The van der Waals surface area contributed by atoms with Crippen molar-refractivity contribution in [3.05, 3.63) is 24.3 Å². The molecule has 1 aliphatic heterocycles. The predicted octanol–water partition coefficient (Wildman–Crippen LogP) is 1.63. The molecule has 0 saturated carbocycles. The van der Waals surface area contributed by atoms with E-state index in [1.54, 1.807) is 24.3 Å². The van der Waals surface area contributed by atoms with Gasteiger partial charge in [0.05, 0.1) is 19.7 Å². The molecule has 98 valence electrons. The zero-order valence-corrected chi connectivity index (χ0v) is 9.87. The van der Waals surface area contributed by atoms with E-state index in [1.807, 2.05) is 0 Å². The zero-order chi connectivity index (χ0) is 13.2. The van der Waals surface area contributed by atoms with Gasteiger partial charge in [0, 0.05) is 18.2 Å². The average molecular weight is 256 g/mol. The summed E-state index contributed by atoms with van der Waals surface area (Å²) in [4.78, 5) is 11.8. The molecule has 1 amide bonds. The Morgan fingerprint density at radius 3 is 2.94 bits per heavy atom. The number of rotatable bonds is 3. The van der Waals surface area contributed by atoms with Gasteiger partial charge in [-0.05, 0) is 12.1 Å². The molecular formula is C12H14F2N2O2. The van der Waals surface area contributed by atoms with Gasteiger partial charge in [0.15, 0.2) is 0 Å². The third kappa shape index (κ3) is 2.95. The van der Waals surface area contributed by atoms with E-state index in [0.29, 0.717) is 11.4 Å². The third-order valence-corrected chi connectivity index (χ3v) is 2.76. The van der Waals surface area contributed by atoms with E-state index < -0.39 is 30.8 Å². The summed E-state index contributed by atoms with van der Waals surface area (Å²) in [6.45, 7) is -0.455. The molecule has 1 unspecified atom stereocenters. The van der Waals surface area contributed by atoms with E-state index in [9.17, 15) is 13.6 Å². The van der Waals surface area contributed by atoms with Crippen LogP contribution in [0.15, 0.2) is 24.3 Å². The molecule has 1 aromatic carbocycles. The Hall–Kier alpha value is -1.69. The first-order chi connectivity index (χ1) is 8.50. The van der Waals surface area contributed by atoms with Crippen LogP contribution in [-0.2, 0) is 4.79 Å². The van der Waals surface area contributed by atoms with Crippen molar-refractivity contribution >= 4 is 11.6 Å². The topological polar surface area (TPSA) is 50.4 Å². The van der Waals surface area contributed by atoms with Crippen molar-refractivity contribution in [2.24, 2.45) is 0 Å². The summed E-state index contributed by atoms with van der Waals surface area (Å²) in [7, 11) is 1.51. The Morgan fingerprint density at radius 2 is 2.33 bits per heavy atom. The van der Waals surface area contributed by atoms with E-state index in [2.05, 4.69) is 10.6 Å². The fourth-order valence-electron chi connectivity index (χ4n) is 1.83. The van der Waals surface area contributed by atoms with Crippen molar-refractivity contribution in [1.82, 2.24) is 5.32 Å². The van der Waals surface area contributed by atoms with Crippen molar-refractivity contribution in [2.75, 3.05) is 19.0 Å². The van der Waals surface area contributed by atoms with Crippen molar-refractivity contribution < 1.29 is 18.3 Å². The maximum atomic E-state index is 12.9. The van der Waals surface area contributed by atoms with Crippen LogP contribution in [0, 0.1) is 0 Å². The van der Waals surface area contributed by atoms with Gasteiger partial charge in [-0.25, -0.2) is 8.78 Å². The number of amides is 1. The lowest BCUT2D eigenvalue weighted by Crippen LogP contribution is -2.35. The number of methoxy groups -OCH3 is 1. The summed E-state index contributed by atoms with van der Waals surface area (Å²) in [5.41, 5.74) is 0.524. The molecule has 1 atom stereocenters. The van der Waals surface area contributed by atoms with Crippen LogP contribution in [0.3, 0.4) is 0 Å². The highest BCUT2D eigenvalue weighted by Crippen LogP contribution is 2.26. The van der Waals surface area contributed by atoms with E-state index in [-0.39, 0.29) is 0 Å². The number of alkyl halides is 2. The second-order valence-electron chi connectivity index (χ2n) is 4.21. The van der Waals surface area contributed by atoms with Crippen LogP contribution in [0.25, 0.3) is 0 Å². The number of hydrogen-bond acceptors (Lipinski definition) is 3. The Labute approximate surface area is 103 Å². The molecule has 0 aliphatic carbocycles. The molecule has 6 heteroatoms.